The Hall–Kier alpha value is -1.93. The van der Waals surface area contributed by atoms with Crippen LogP contribution in [0.2, 0.25) is 0 Å². The van der Waals surface area contributed by atoms with Crippen LogP contribution in [0.25, 0.3) is 0 Å². The van der Waals surface area contributed by atoms with Crippen molar-refractivity contribution in [3.63, 3.8) is 0 Å². The Morgan fingerprint density at radius 2 is 1.82 bits per heavy atom. The zero-order valence-corrected chi connectivity index (χ0v) is 13.7. The van der Waals surface area contributed by atoms with Crippen molar-refractivity contribution in [1.82, 2.24) is 0 Å². The molecule has 5 nitrogen and oxygen atoms in total. The van der Waals surface area contributed by atoms with Crippen LogP contribution in [0.3, 0.4) is 0 Å². The van der Waals surface area contributed by atoms with Gasteiger partial charge in [0, 0.05) is 10.2 Å². The molecule has 0 unspecified atom stereocenters. The first-order valence-corrected chi connectivity index (χ1v) is 8.27. The molecule has 2 rings (SSSR count). The average molecular weight is 388 g/mol. The minimum atomic E-state index is -4.02. The van der Waals surface area contributed by atoms with E-state index >= 15 is 0 Å². The molecule has 0 atom stereocenters. The van der Waals surface area contributed by atoms with Crippen molar-refractivity contribution in [2.45, 2.75) is 4.90 Å². The molecule has 2 aromatic rings. The lowest BCUT2D eigenvalue weighted by molar-refractivity contribution is 0.0596. The van der Waals surface area contributed by atoms with E-state index in [0.29, 0.717) is 4.47 Å². The van der Waals surface area contributed by atoms with Crippen LogP contribution in [-0.4, -0.2) is 21.5 Å². The van der Waals surface area contributed by atoms with Crippen LogP contribution in [0.15, 0.2) is 51.8 Å². The summed E-state index contributed by atoms with van der Waals surface area (Å²) < 4.78 is 45.1. The number of anilines is 1. The summed E-state index contributed by atoms with van der Waals surface area (Å²) in [6, 6.07) is 8.94. The molecule has 0 bridgehead atoms. The summed E-state index contributed by atoms with van der Waals surface area (Å²) in [6.07, 6.45) is 0. The highest BCUT2D eigenvalue weighted by Crippen LogP contribution is 2.24. The first kappa shape index (κ1) is 16.4. The second-order valence-corrected chi connectivity index (χ2v) is 6.81. The largest absolute Gasteiger partial charge is 0.465 e. The van der Waals surface area contributed by atoms with E-state index in [-0.39, 0.29) is 16.1 Å². The number of methoxy groups -OCH3 is 1. The van der Waals surface area contributed by atoms with Crippen molar-refractivity contribution >= 4 is 37.6 Å². The molecule has 0 saturated heterocycles. The van der Waals surface area contributed by atoms with Crippen molar-refractivity contribution in [3.05, 3.63) is 58.3 Å². The predicted molar refractivity (Wildman–Crippen MR) is 82.7 cm³/mol. The SMILES string of the molecule is COC(=O)c1cc(Br)ccc1S(=O)(=O)Nc1ccc(F)cc1. The van der Waals surface area contributed by atoms with Gasteiger partial charge in [-0.15, -0.1) is 0 Å². The molecule has 0 aromatic heterocycles. The molecule has 0 amide bonds. The van der Waals surface area contributed by atoms with Crippen LogP contribution < -0.4 is 4.72 Å². The van der Waals surface area contributed by atoms with Gasteiger partial charge in [-0.3, -0.25) is 4.72 Å². The number of hydrogen-bond donors (Lipinski definition) is 1. The van der Waals surface area contributed by atoms with Crippen LogP contribution in [0, 0.1) is 5.82 Å². The van der Waals surface area contributed by atoms with E-state index in [9.17, 15) is 17.6 Å². The molecule has 2 aromatic carbocycles. The Balaban J connectivity index is 2.45. The Bertz CT molecular complexity index is 806. The summed E-state index contributed by atoms with van der Waals surface area (Å²) in [4.78, 5) is 11.5. The van der Waals surface area contributed by atoms with Gasteiger partial charge in [-0.1, -0.05) is 15.9 Å². The predicted octanol–water partition coefficient (Wildman–Crippen LogP) is 3.18. The fourth-order valence-corrected chi connectivity index (χ4v) is 3.33. The van der Waals surface area contributed by atoms with E-state index in [1.165, 1.54) is 30.3 Å². The van der Waals surface area contributed by atoms with Gasteiger partial charge in [-0.25, -0.2) is 17.6 Å². The molecule has 1 N–H and O–H groups in total. The minimum Gasteiger partial charge on any atom is -0.465 e. The number of rotatable bonds is 4. The second kappa shape index (κ2) is 6.45. The normalized spacial score (nSPS) is 11.0. The number of esters is 1. The average Bonchev–Trinajstić information content (AvgIpc) is 2.48. The fraction of sp³-hybridized carbons (Fsp3) is 0.0714. The van der Waals surface area contributed by atoms with Gasteiger partial charge < -0.3 is 4.74 Å². The number of carbonyl (C=O) groups is 1. The van der Waals surface area contributed by atoms with Gasteiger partial charge >= 0.3 is 5.97 Å². The first-order valence-electron chi connectivity index (χ1n) is 6.00. The van der Waals surface area contributed by atoms with Crippen molar-refractivity contribution in [2.75, 3.05) is 11.8 Å². The topological polar surface area (TPSA) is 72.5 Å². The minimum absolute atomic E-state index is 0.105. The lowest BCUT2D eigenvalue weighted by Crippen LogP contribution is -2.17. The third-order valence-corrected chi connectivity index (χ3v) is 4.67. The van der Waals surface area contributed by atoms with Crippen LogP contribution in [0.4, 0.5) is 10.1 Å². The van der Waals surface area contributed by atoms with E-state index in [1.54, 1.807) is 0 Å². The van der Waals surface area contributed by atoms with Crippen LogP contribution >= 0.6 is 15.9 Å². The van der Waals surface area contributed by atoms with E-state index in [0.717, 1.165) is 19.2 Å². The molecule has 0 aliphatic carbocycles. The number of hydrogen-bond acceptors (Lipinski definition) is 4. The van der Waals surface area contributed by atoms with Gasteiger partial charge in [0.2, 0.25) is 0 Å². The summed E-state index contributed by atoms with van der Waals surface area (Å²) >= 11 is 3.17. The number of sulfonamides is 1. The number of nitrogens with one attached hydrogen (secondary N) is 1. The van der Waals surface area contributed by atoms with Crippen molar-refractivity contribution < 1.29 is 22.3 Å². The molecular formula is C14H11BrFNO4S. The summed E-state index contributed by atoms with van der Waals surface area (Å²) in [5.74, 6) is -1.26. The monoisotopic (exact) mass is 387 g/mol. The molecule has 116 valence electrons. The van der Waals surface area contributed by atoms with Gasteiger partial charge in [0.15, 0.2) is 0 Å². The number of halogens is 2. The summed E-state index contributed by atoms with van der Waals surface area (Å²) in [5.41, 5.74) is 0.0756. The van der Waals surface area contributed by atoms with Gasteiger partial charge in [0.25, 0.3) is 10.0 Å². The molecule has 8 heteroatoms. The summed E-state index contributed by atoms with van der Waals surface area (Å²) in [6.45, 7) is 0. The maximum Gasteiger partial charge on any atom is 0.339 e. The molecule has 0 saturated carbocycles. The molecule has 0 aliphatic rings. The van der Waals surface area contributed by atoms with Crippen molar-refractivity contribution in [1.29, 1.82) is 0 Å². The Morgan fingerprint density at radius 1 is 1.18 bits per heavy atom. The van der Waals surface area contributed by atoms with E-state index in [2.05, 4.69) is 25.4 Å². The van der Waals surface area contributed by atoms with Crippen LogP contribution in [0.1, 0.15) is 10.4 Å². The summed E-state index contributed by atoms with van der Waals surface area (Å²) in [7, 11) is -2.86. The lowest BCUT2D eigenvalue weighted by atomic mass is 10.2. The van der Waals surface area contributed by atoms with E-state index in [4.69, 9.17) is 0 Å². The molecule has 22 heavy (non-hydrogen) atoms. The lowest BCUT2D eigenvalue weighted by Gasteiger charge is -2.11. The highest BCUT2D eigenvalue weighted by atomic mass is 79.9. The van der Waals surface area contributed by atoms with Gasteiger partial charge in [0.05, 0.1) is 12.7 Å². The third-order valence-electron chi connectivity index (χ3n) is 2.73. The van der Waals surface area contributed by atoms with Crippen molar-refractivity contribution in [3.8, 4) is 0 Å². The molecule has 0 heterocycles. The quantitative estimate of drug-likeness (QED) is 0.817. The summed E-state index contributed by atoms with van der Waals surface area (Å²) in [5, 5.41) is 0. The Kier molecular flexibility index (Phi) is 4.82. The Labute approximate surface area is 135 Å². The molecule has 0 fully saturated rings. The van der Waals surface area contributed by atoms with Gasteiger partial charge in [0.1, 0.15) is 10.7 Å². The van der Waals surface area contributed by atoms with Crippen LogP contribution in [-0.2, 0) is 14.8 Å². The van der Waals surface area contributed by atoms with E-state index < -0.39 is 21.8 Å². The maximum absolute atomic E-state index is 12.9. The molecule has 0 spiro atoms. The first-order chi connectivity index (χ1) is 10.3. The fourth-order valence-electron chi connectivity index (χ4n) is 1.73. The Morgan fingerprint density at radius 3 is 2.41 bits per heavy atom. The third kappa shape index (κ3) is 3.63. The second-order valence-electron chi connectivity index (χ2n) is 4.24. The zero-order valence-electron chi connectivity index (χ0n) is 11.3. The van der Waals surface area contributed by atoms with Crippen LogP contribution in [0.5, 0.6) is 0 Å². The van der Waals surface area contributed by atoms with E-state index in [1.807, 2.05) is 0 Å². The standard InChI is InChI=1S/C14H11BrFNO4S/c1-21-14(18)12-8-9(15)2-7-13(12)22(19,20)17-11-5-3-10(16)4-6-11/h2-8,17H,1H3. The smallest absolute Gasteiger partial charge is 0.339 e. The highest BCUT2D eigenvalue weighted by Gasteiger charge is 2.23. The maximum atomic E-state index is 12.9. The highest BCUT2D eigenvalue weighted by molar-refractivity contribution is 9.10. The number of benzene rings is 2. The van der Waals surface area contributed by atoms with Gasteiger partial charge in [-0.2, -0.15) is 0 Å². The van der Waals surface area contributed by atoms with Crippen molar-refractivity contribution in [2.24, 2.45) is 0 Å². The number of carbonyl (C=O) groups excluding carboxylic acids is 1. The zero-order chi connectivity index (χ0) is 16.3. The molecule has 0 radical (unpaired) electrons. The van der Waals surface area contributed by atoms with Gasteiger partial charge in [-0.05, 0) is 42.5 Å². The molecular weight excluding hydrogens is 377 g/mol. The molecule has 0 aliphatic heterocycles. The number of ether oxygens (including phenoxy) is 1.